The highest BCUT2D eigenvalue weighted by Gasteiger charge is 2.13. The lowest BCUT2D eigenvalue weighted by molar-refractivity contribution is 0.607. The fraction of sp³-hybridized carbons (Fsp3) is 0.250. The molecule has 0 amide bonds. The third-order valence-electron chi connectivity index (χ3n) is 3.26. The summed E-state index contributed by atoms with van der Waals surface area (Å²) in [4.78, 5) is 2.02. The van der Waals surface area contributed by atoms with E-state index in [-0.39, 0.29) is 11.9 Å². The molecule has 0 fully saturated rings. The Labute approximate surface area is 127 Å². The van der Waals surface area contributed by atoms with Gasteiger partial charge in [-0.25, -0.2) is 4.39 Å². The molecule has 4 heteroatoms. The minimum atomic E-state index is -0.182. The van der Waals surface area contributed by atoms with E-state index in [2.05, 4.69) is 15.9 Å². The summed E-state index contributed by atoms with van der Waals surface area (Å²) in [6.45, 7) is 2.45. The summed E-state index contributed by atoms with van der Waals surface area (Å²) in [7, 11) is 1.95. The minimum absolute atomic E-state index is 0.0782. The third kappa shape index (κ3) is 3.38. The van der Waals surface area contributed by atoms with Crippen LogP contribution in [0.1, 0.15) is 24.1 Å². The average Bonchev–Trinajstić information content (AvgIpc) is 2.41. The quantitative estimate of drug-likeness (QED) is 0.904. The zero-order valence-corrected chi connectivity index (χ0v) is 13.2. The molecule has 2 aromatic rings. The van der Waals surface area contributed by atoms with Crippen LogP contribution in [0.2, 0.25) is 0 Å². The molecule has 0 aliphatic rings. The van der Waals surface area contributed by atoms with E-state index >= 15 is 0 Å². The first-order valence-electron chi connectivity index (χ1n) is 6.48. The zero-order chi connectivity index (χ0) is 14.7. The number of halogens is 2. The van der Waals surface area contributed by atoms with Crippen molar-refractivity contribution >= 4 is 21.6 Å². The van der Waals surface area contributed by atoms with Crippen molar-refractivity contribution in [3.05, 3.63) is 63.9 Å². The van der Waals surface area contributed by atoms with E-state index in [0.717, 1.165) is 15.7 Å². The van der Waals surface area contributed by atoms with Crippen molar-refractivity contribution in [3.63, 3.8) is 0 Å². The predicted molar refractivity (Wildman–Crippen MR) is 85.3 cm³/mol. The van der Waals surface area contributed by atoms with Gasteiger partial charge in [-0.05, 0) is 36.8 Å². The Morgan fingerprint density at radius 2 is 1.95 bits per heavy atom. The molecular weight excluding hydrogens is 319 g/mol. The monoisotopic (exact) mass is 336 g/mol. The van der Waals surface area contributed by atoms with Crippen molar-refractivity contribution in [2.45, 2.75) is 19.5 Å². The summed E-state index contributed by atoms with van der Waals surface area (Å²) in [5.74, 6) is -0.182. The van der Waals surface area contributed by atoms with Crippen LogP contribution < -0.4 is 10.6 Å². The van der Waals surface area contributed by atoms with Gasteiger partial charge in [-0.3, -0.25) is 0 Å². The van der Waals surface area contributed by atoms with Crippen LogP contribution >= 0.6 is 15.9 Å². The van der Waals surface area contributed by atoms with E-state index < -0.39 is 0 Å². The van der Waals surface area contributed by atoms with E-state index in [1.165, 1.54) is 6.07 Å². The molecule has 2 aromatic carbocycles. The smallest absolute Gasteiger partial charge is 0.128 e. The van der Waals surface area contributed by atoms with Crippen LogP contribution in [0.15, 0.2) is 46.9 Å². The van der Waals surface area contributed by atoms with Crippen molar-refractivity contribution in [1.29, 1.82) is 0 Å². The molecule has 0 aliphatic heterocycles. The molecule has 0 radical (unpaired) electrons. The van der Waals surface area contributed by atoms with Crippen molar-refractivity contribution < 1.29 is 4.39 Å². The standard InChI is InChI=1S/C16H18BrFN2/c1-11(19)14-9-13(17)7-8-16(14)20(2)10-12-5-3-4-6-15(12)18/h3-9,11H,10,19H2,1-2H3. The normalized spacial score (nSPS) is 12.2. The topological polar surface area (TPSA) is 29.3 Å². The maximum absolute atomic E-state index is 13.7. The number of nitrogens with zero attached hydrogens (tertiary/aromatic N) is 1. The molecule has 0 aliphatic carbocycles. The van der Waals surface area contributed by atoms with E-state index in [1.807, 2.05) is 43.1 Å². The molecule has 0 aromatic heterocycles. The molecule has 0 saturated carbocycles. The van der Waals surface area contributed by atoms with Crippen LogP contribution in [0.5, 0.6) is 0 Å². The van der Waals surface area contributed by atoms with Crippen LogP contribution in [0, 0.1) is 5.82 Å². The second-order valence-corrected chi connectivity index (χ2v) is 5.85. The maximum Gasteiger partial charge on any atom is 0.128 e. The molecule has 0 saturated heterocycles. The predicted octanol–water partition coefficient (Wildman–Crippen LogP) is 4.24. The first-order chi connectivity index (χ1) is 9.49. The van der Waals surface area contributed by atoms with Crippen molar-refractivity contribution in [2.75, 3.05) is 11.9 Å². The number of rotatable bonds is 4. The second kappa shape index (κ2) is 6.37. The summed E-state index contributed by atoms with van der Waals surface area (Å²) >= 11 is 3.46. The molecule has 2 nitrogen and oxygen atoms in total. The van der Waals surface area contributed by atoms with Gasteiger partial charge in [0.25, 0.3) is 0 Å². The first kappa shape index (κ1) is 15.0. The lowest BCUT2D eigenvalue weighted by atomic mass is 10.1. The average molecular weight is 337 g/mol. The SMILES string of the molecule is CC(N)c1cc(Br)ccc1N(C)Cc1ccccc1F. The lowest BCUT2D eigenvalue weighted by Crippen LogP contribution is -2.20. The largest absolute Gasteiger partial charge is 0.370 e. The van der Waals surface area contributed by atoms with Gasteiger partial charge < -0.3 is 10.6 Å². The van der Waals surface area contributed by atoms with Crippen molar-refractivity contribution in [3.8, 4) is 0 Å². The Hall–Kier alpha value is -1.39. The number of anilines is 1. The van der Waals surface area contributed by atoms with Gasteiger partial charge >= 0.3 is 0 Å². The Morgan fingerprint density at radius 3 is 2.60 bits per heavy atom. The van der Waals surface area contributed by atoms with Crippen molar-refractivity contribution in [2.24, 2.45) is 5.73 Å². The lowest BCUT2D eigenvalue weighted by Gasteiger charge is -2.24. The molecule has 20 heavy (non-hydrogen) atoms. The van der Waals surface area contributed by atoms with Crippen LogP contribution in [0.3, 0.4) is 0 Å². The second-order valence-electron chi connectivity index (χ2n) is 4.94. The Bertz CT molecular complexity index is 599. The molecule has 1 unspecified atom stereocenters. The number of hydrogen-bond acceptors (Lipinski definition) is 2. The number of benzene rings is 2. The highest BCUT2D eigenvalue weighted by atomic mass is 79.9. The highest BCUT2D eigenvalue weighted by molar-refractivity contribution is 9.10. The maximum atomic E-state index is 13.7. The van der Waals surface area contributed by atoms with Crippen LogP contribution in [0.25, 0.3) is 0 Å². The number of hydrogen-bond donors (Lipinski definition) is 1. The fourth-order valence-corrected chi connectivity index (χ4v) is 2.58. The molecule has 0 heterocycles. The molecule has 0 bridgehead atoms. The molecule has 0 spiro atoms. The van der Waals surface area contributed by atoms with E-state index in [9.17, 15) is 4.39 Å². The van der Waals surface area contributed by atoms with Crippen LogP contribution in [-0.2, 0) is 6.54 Å². The molecule has 106 valence electrons. The van der Waals surface area contributed by atoms with Gasteiger partial charge in [0.2, 0.25) is 0 Å². The summed E-state index contributed by atoms with van der Waals surface area (Å²) < 4.78 is 14.7. The van der Waals surface area contributed by atoms with Gasteiger partial charge in [0.15, 0.2) is 0 Å². The summed E-state index contributed by atoms with van der Waals surface area (Å²) in [5, 5.41) is 0. The summed E-state index contributed by atoms with van der Waals surface area (Å²) in [6.07, 6.45) is 0. The van der Waals surface area contributed by atoms with Gasteiger partial charge in [-0.2, -0.15) is 0 Å². The molecule has 1 atom stereocenters. The molecule has 2 N–H and O–H groups in total. The van der Waals surface area contributed by atoms with Gasteiger partial charge in [0.05, 0.1) is 0 Å². The van der Waals surface area contributed by atoms with Gasteiger partial charge in [0.1, 0.15) is 5.82 Å². The van der Waals surface area contributed by atoms with E-state index in [0.29, 0.717) is 12.1 Å². The fourth-order valence-electron chi connectivity index (χ4n) is 2.21. The Morgan fingerprint density at radius 1 is 1.25 bits per heavy atom. The van der Waals surface area contributed by atoms with Gasteiger partial charge in [-0.1, -0.05) is 34.1 Å². The van der Waals surface area contributed by atoms with Gasteiger partial charge in [-0.15, -0.1) is 0 Å². The Kier molecular flexibility index (Phi) is 4.78. The minimum Gasteiger partial charge on any atom is -0.370 e. The zero-order valence-electron chi connectivity index (χ0n) is 11.6. The first-order valence-corrected chi connectivity index (χ1v) is 7.28. The third-order valence-corrected chi connectivity index (χ3v) is 3.75. The Balaban J connectivity index is 2.30. The van der Waals surface area contributed by atoms with E-state index in [4.69, 9.17) is 5.73 Å². The van der Waals surface area contributed by atoms with Crippen LogP contribution in [0.4, 0.5) is 10.1 Å². The number of nitrogens with two attached hydrogens (primary N) is 1. The highest BCUT2D eigenvalue weighted by Crippen LogP contribution is 2.29. The summed E-state index contributed by atoms with van der Waals surface area (Å²) in [6, 6.07) is 12.7. The molecule has 2 rings (SSSR count). The van der Waals surface area contributed by atoms with Crippen molar-refractivity contribution in [1.82, 2.24) is 0 Å². The van der Waals surface area contributed by atoms with Crippen LogP contribution in [-0.4, -0.2) is 7.05 Å². The van der Waals surface area contributed by atoms with Gasteiger partial charge in [0, 0.05) is 35.4 Å². The van der Waals surface area contributed by atoms with E-state index in [1.54, 1.807) is 12.1 Å². The summed E-state index contributed by atoms with van der Waals surface area (Å²) in [5.41, 5.74) is 8.76. The molecular formula is C16H18BrFN2.